The van der Waals surface area contributed by atoms with Gasteiger partial charge < -0.3 is 0 Å². The van der Waals surface area contributed by atoms with Crippen LogP contribution in [0.25, 0.3) is 0 Å². The first-order valence-corrected chi connectivity index (χ1v) is 6.81. The summed E-state index contributed by atoms with van der Waals surface area (Å²) in [5.41, 5.74) is 2.36. The molecule has 0 radical (unpaired) electrons. The Kier molecular flexibility index (Phi) is 3.55. The van der Waals surface area contributed by atoms with Crippen LogP contribution in [0.15, 0.2) is 24.5 Å². The fourth-order valence-corrected chi connectivity index (χ4v) is 2.77. The maximum absolute atomic E-state index is 4.48. The third-order valence-corrected chi connectivity index (χ3v) is 3.69. The van der Waals surface area contributed by atoms with E-state index in [1.54, 1.807) is 0 Å². The van der Waals surface area contributed by atoms with Crippen molar-refractivity contribution in [2.75, 3.05) is 13.1 Å². The van der Waals surface area contributed by atoms with Crippen molar-refractivity contribution in [3.05, 3.63) is 41.7 Å². The van der Waals surface area contributed by atoms with E-state index in [1.165, 1.54) is 18.5 Å². The number of rotatable bonds is 3. The number of hydrogen-bond donors (Lipinski definition) is 1. The van der Waals surface area contributed by atoms with Gasteiger partial charge in [-0.3, -0.25) is 10.00 Å². The number of aromatic nitrogens is 4. The summed E-state index contributed by atoms with van der Waals surface area (Å²) in [7, 11) is 0. The van der Waals surface area contributed by atoms with E-state index in [9.17, 15) is 0 Å². The average molecular weight is 257 g/mol. The summed E-state index contributed by atoms with van der Waals surface area (Å²) >= 11 is 0. The Morgan fingerprint density at radius 3 is 3.11 bits per heavy atom. The largest absolute Gasteiger partial charge is 0.297 e. The SMILES string of the molecule is Cc1nccc(CN2CCCC(c3ccn[nH]3)C2)n1. The number of likely N-dealkylation sites (tertiary alicyclic amines) is 1. The number of piperidine rings is 1. The van der Waals surface area contributed by atoms with Crippen molar-refractivity contribution >= 4 is 0 Å². The van der Waals surface area contributed by atoms with Crippen LogP contribution < -0.4 is 0 Å². The van der Waals surface area contributed by atoms with Gasteiger partial charge in [-0.25, -0.2) is 9.97 Å². The summed E-state index contributed by atoms with van der Waals surface area (Å²) in [4.78, 5) is 11.1. The Labute approximate surface area is 113 Å². The minimum Gasteiger partial charge on any atom is -0.297 e. The molecule has 0 amide bonds. The minimum absolute atomic E-state index is 0.569. The molecule has 2 aromatic rings. The number of hydrogen-bond acceptors (Lipinski definition) is 4. The van der Waals surface area contributed by atoms with Crippen LogP contribution >= 0.6 is 0 Å². The highest BCUT2D eigenvalue weighted by atomic mass is 15.2. The van der Waals surface area contributed by atoms with Crippen LogP contribution in [0.3, 0.4) is 0 Å². The van der Waals surface area contributed by atoms with Gasteiger partial charge in [0.2, 0.25) is 0 Å². The molecule has 1 aliphatic rings. The van der Waals surface area contributed by atoms with Crippen LogP contribution in [0, 0.1) is 6.92 Å². The predicted molar refractivity (Wildman–Crippen MR) is 72.6 cm³/mol. The third-order valence-electron chi connectivity index (χ3n) is 3.69. The van der Waals surface area contributed by atoms with Gasteiger partial charge in [0.05, 0.1) is 5.69 Å². The lowest BCUT2D eigenvalue weighted by atomic mass is 9.95. The average Bonchev–Trinajstić information content (AvgIpc) is 2.93. The van der Waals surface area contributed by atoms with Gasteiger partial charge in [0, 0.05) is 37.1 Å². The molecule has 1 fully saturated rings. The lowest BCUT2D eigenvalue weighted by Crippen LogP contribution is -2.34. The Morgan fingerprint density at radius 1 is 1.37 bits per heavy atom. The van der Waals surface area contributed by atoms with Gasteiger partial charge in [-0.15, -0.1) is 0 Å². The van der Waals surface area contributed by atoms with Gasteiger partial charge in [0.25, 0.3) is 0 Å². The maximum atomic E-state index is 4.48. The van der Waals surface area contributed by atoms with Crippen molar-refractivity contribution in [2.24, 2.45) is 0 Å². The van der Waals surface area contributed by atoms with Gasteiger partial charge in [-0.1, -0.05) is 0 Å². The molecule has 2 aromatic heterocycles. The standard InChI is InChI=1S/C14H19N5/c1-11-15-6-4-13(17-11)10-19-8-2-3-12(9-19)14-5-7-16-18-14/h4-7,12H,2-3,8-10H2,1H3,(H,16,18). The topological polar surface area (TPSA) is 57.7 Å². The number of H-pyrrole nitrogens is 1. The van der Waals surface area contributed by atoms with Gasteiger partial charge in [0.1, 0.15) is 5.82 Å². The molecule has 100 valence electrons. The van der Waals surface area contributed by atoms with Crippen molar-refractivity contribution in [3.8, 4) is 0 Å². The quantitative estimate of drug-likeness (QED) is 0.912. The van der Waals surface area contributed by atoms with Crippen molar-refractivity contribution in [2.45, 2.75) is 32.2 Å². The summed E-state index contributed by atoms with van der Waals surface area (Å²) < 4.78 is 0. The van der Waals surface area contributed by atoms with E-state index >= 15 is 0 Å². The Bertz CT molecular complexity index is 522. The molecule has 1 N–H and O–H groups in total. The lowest BCUT2D eigenvalue weighted by Gasteiger charge is -2.31. The number of nitrogens with one attached hydrogen (secondary N) is 1. The molecule has 0 aromatic carbocycles. The Morgan fingerprint density at radius 2 is 2.32 bits per heavy atom. The Balaban J connectivity index is 1.65. The second kappa shape index (κ2) is 5.48. The second-order valence-electron chi connectivity index (χ2n) is 5.18. The van der Waals surface area contributed by atoms with Crippen molar-refractivity contribution < 1.29 is 0 Å². The van der Waals surface area contributed by atoms with Gasteiger partial charge in [-0.05, 0) is 38.4 Å². The highest BCUT2D eigenvalue weighted by Gasteiger charge is 2.22. The molecule has 19 heavy (non-hydrogen) atoms. The molecular weight excluding hydrogens is 238 g/mol. The molecule has 0 bridgehead atoms. The summed E-state index contributed by atoms with van der Waals surface area (Å²) in [5.74, 6) is 1.42. The molecule has 1 unspecified atom stereocenters. The van der Waals surface area contributed by atoms with Crippen LogP contribution in [-0.2, 0) is 6.54 Å². The van der Waals surface area contributed by atoms with Crippen LogP contribution in [0.4, 0.5) is 0 Å². The molecule has 0 saturated carbocycles. The van der Waals surface area contributed by atoms with Crippen LogP contribution in [0.2, 0.25) is 0 Å². The molecule has 3 rings (SSSR count). The third kappa shape index (κ3) is 2.98. The monoisotopic (exact) mass is 257 g/mol. The smallest absolute Gasteiger partial charge is 0.125 e. The maximum Gasteiger partial charge on any atom is 0.125 e. The van der Waals surface area contributed by atoms with E-state index in [0.717, 1.165) is 31.2 Å². The first-order chi connectivity index (χ1) is 9.31. The molecule has 1 atom stereocenters. The minimum atomic E-state index is 0.569. The van der Waals surface area contributed by atoms with Gasteiger partial charge in [0.15, 0.2) is 0 Å². The van der Waals surface area contributed by atoms with Gasteiger partial charge >= 0.3 is 0 Å². The zero-order valence-electron chi connectivity index (χ0n) is 11.2. The van der Waals surface area contributed by atoms with Crippen LogP contribution in [0.5, 0.6) is 0 Å². The number of aromatic amines is 1. The molecule has 1 saturated heterocycles. The Hall–Kier alpha value is -1.75. The molecule has 0 aliphatic carbocycles. The van der Waals surface area contributed by atoms with Crippen molar-refractivity contribution in [1.82, 2.24) is 25.1 Å². The number of aryl methyl sites for hydroxylation is 1. The van der Waals surface area contributed by atoms with E-state index in [-0.39, 0.29) is 0 Å². The fraction of sp³-hybridized carbons (Fsp3) is 0.500. The van der Waals surface area contributed by atoms with Crippen LogP contribution in [-0.4, -0.2) is 38.2 Å². The molecule has 5 nitrogen and oxygen atoms in total. The van der Waals surface area contributed by atoms with E-state index in [4.69, 9.17) is 0 Å². The number of nitrogens with zero attached hydrogens (tertiary/aromatic N) is 4. The highest BCUT2D eigenvalue weighted by Crippen LogP contribution is 2.25. The zero-order valence-corrected chi connectivity index (χ0v) is 11.2. The zero-order chi connectivity index (χ0) is 13.1. The van der Waals surface area contributed by atoms with E-state index < -0.39 is 0 Å². The van der Waals surface area contributed by atoms with E-state index in [1.807, 2.05) is 25.4 Å². The van der Waals surface area contributed by atoms with E-state index in [2.05, 4.69) is 31.1 Å². The lowest BCUT2D eigenvalue weighted by molar-refractivity contribution is 0.196. The summed E-state index contributed by atoms with van der Waals surface area (Å²) in [5, 5.41) is 7.15. The first kappa shape index (κ1) is 12.3. The van der Waals surface area contributed by atoms with Crippen LogP contribution in [0.1, 0.15) is 36.0 Å². The van der Waals surface area contributed by atoms with Crippen molar-refractivity contribution in [3.63, 3.8) is 0 Å². The summed E-state index contributed by atoms with van der Waals surface area (Å²) in [6.07, 6.45) is 6.14. The van der Waals surface area contributed by atoms with Crippen molar-refractivity contribution in [1.29, 1.82) is 0 Å². The predicted octanol–water partition coefficient (Wildman–Crippen LogP) is 1.89. The molecule has 1 aliphatic heterocycles. The highest BCUT2D eigenvalue weighted by molar-refractivity contribution is 5.08. The molecule has 0 spiro atoms. The summed E-state index contributed by atoms with van der Waals surface area (Å²) in [6, 6.07) is 4.09. The molecule has 5 heteroatoms. The first-order valence-electron chi connectivity index (χ1n) is 6.81. The molecule has 3 heterocycles. The second-order valence-corrected chi connectivity index (χ2v) is 5.18. The summed E-state index contributed by atoms with van der Waals surface area (Å²) in [6.45, 7) is 5.07. The van der Waals surface area contributed by atoms with Gasteiger partial charge in [-0.2, -0.15) is 5.10 Å². The fourth-order valence-electron chi connectivity index (χ4n) is 2.77. The van der Waals surface area contributed by atoms with E-state index in [0.29, 0.717) is 5.92 Å². The molecular formula is C14H19N5. The normalized spacial score (nSPS) is 20.6.